The summed E-state index contributed by atoms with van der Waals surface area (Å²) in [6.45, 7) is 1.73. The van der Waals surface area contributed by atoms with Gasteiger partial charge in [0.15, 0.2) is 5.65 Å². The van der Waals surface area contributed by atoms with E-state index in [0.717, 1.165) is 28.3 Å². The molecule has 0 atom stereocenters. The number of halogens is 1. The number of benzene rings is 2. The predicted octanol–water partition coefficient (Wildman–Crippen LogP) is 4.88. The lowest BCUT2D eigenvalue weighted by Gasteiger charge is -2.13. The fourth-order valence-corrected chi connectivity index (χ4v) is 3.88. The third-order valence-electron chi connectivity index (χ3n) is 5.46. The van der Waals surface area contributed by atoms with E-state index in [2.05, 4.69) is 10.3 Å². The summed E-state index contributed by atoms with van der Waals surface area (Å²) in [6.07, 6.45) is 5.53. The van der Waals surface area contributed by atoms with Crippen LogP contribution in [0, 0.1) is 12.7 Å². The van der Waals surface area contributed by atoms with Crippen LogP contribution in [0.15, 0.2) is 73.3 Å². The number of aryl methyl sites for hydroxylation is 1. The molecule has 7 nitrogen and oxygen atoms in total. The third-order valence-corrected chi connectivity index (χ3v) is 5.46. The van der Waals surface area contributed by atoms with Crippen molar-refractivity contribution in [3.8, 4) is 22.7 Å². The fourth-order valence-electron chi connectivity index (χ4n) is 3.88. The second kappa shape index (κ2) is 8.40. The number of anilines is 2. The molecular formula is C25H22FN5O2. The molecule has 0 amide bonds. The number of nitrogens with zero attached hydrogens (tertiary/aromatic N) is 4. The lowest BCUT2D eigenvalue weighted by Crippen LogP contribution is -1.99. The van der Waals surface area contributed by atoms with Crippen LogP contribution in [0.1, 0.15) is 11.4 Å². The molecule has 5 aromatic rings. The summed E-state index contributed by atoms with van der Waals surface area (Å²) < 4.78 is 22.8. The Labute approximate surface area is 189 Å². The molecule has 2 aromatic carbocycles. The van der Waals surface area contributed by atoms with Crippen LogP contribution in [-0.4, -0.2) is 31.2 Å². The number of nitrogens with one attached hydrogen (secondary N) is 1. The van der Waals surface area contributed by atoms with Gasteiger partial charge in [-0.25, -0.2) is 14.4 Å². The van der Waals surface area contributed by atoms with Crippen molar-refractivity contribution >= 4 is 17.0 Å². The van der Waals surface area contributed by atoms with Crippen molar-refractivity contribution in [2.45, 2.75) is 13.5 Å². The van der Waals surface area contributed by atoms with E-state index in [1.807, 2.05) is 58.6 Å². The smallest absolute Gasteiger partial charge is 0.161 e. The van der Waals surface area contributed by atoms with E-state index in [0.29, 0.717) is 22.8 Å². The Kier molecular flexibility index (Phi) is 5.27. The first-order valence-electron chi connectivity index (χ1n) is 10.4. The number of pyridine rings is 1. The van der Waals surface area contributed by atoms with Gasteiger partial charge in [0.1, 0.15) is 11.6 Å². The number of fused-ring (bicyclic) bond motifs is 1. The molecule has 8 heteroatoms. The zero-order valence-electron chi connectivity index (χ0n) is 18.2. The number of aromatic nitrogens is 4. The van der Waals surface area contributed by atoms with Crippen LogP contribution >= 0.6 is 0 Å². The molecule has 0 bridgehead atoms. The fraction of sp³-hybridized carbons (Fsp3) is 0.120. The largest absolute Gasteiger partial charge is 0.494 e. The van der Waals surface area contributed by atoms with Crippen molar-refractivity contribution in [3.05, 3.63) is 90.5 Å². The molecule has 0 fully saturated rings. The highest BCUT2D eigenvalue weighted by atomic mass is 19.1. The number of rotatable bonds is 6. The Morgan fingerprint density at radius 2 is 1.94 bits per heavy atom. The van der Waals surface area contributed by atoms with E-state index >= 15 is 0 Å². The molecule has 0 unspecified atom stereocenters. The van der Waals surface area contributed by atoms with Crippen LogP contribution in [0.4, 0.5) is 15.8 Å². The van der Waals surface area contributed by atoms with Crippen molar-refractivity contribution in [1.29, 1.82) is 0 Å². The minimum Gasteiger partial charge on any atom is -0.494 e. The Balaban J connectivity index is 1.55. The zero-order valence-corrected chi connectivity index (χ0v) is 18.2. The van der Waals surface area contributed by atoms with Crippen molar-refractivity contribution in [2.75, 3.05) is 12.4 Å². The monoisotopic (exact) mass is 443 g/mol. The maximum Gasteiger partial charge on any atom is 0.161 e. The summed E-state index contributed by atoms with van der Waals surface area (Å²) in [5.41, 5.74) is 5.99. The number of hydrogen-bond acceptors (Lipinski definition) is 5. The number of aliphatic hydroxyl groups is 1. The Bertz CT molecular complexity index is 1440. The van der Waals surface area contributed by atoms with Gasteiger partial charge in [-0.05, 0) is 55.5 Å². The van der Waals surface area contributed by atoms with Gasteiger partial charge < -0.3 is 19.7 Å². The number of imidazole rings is 2. The molecule has 33 heavy (non-hydrogen) atoms. The van der Waals surface area contributed by atoms with Crippen LogP contribution in [-0.2, 0) is 6.61 Å². The molecule has 2 N–H and O–H groups in total. The minimum absolute atomic E-state index is 0.204. The van der Waals surface area contributed by atoms with Gasteiger partial charge in [0.25, 0.3) is 0 Å². The average molecular weight is 443 g/mol. The second-order valence-electron chi connectivity index (χ2n) is 7.62. The topological polar surface area (TPSA) is 76.6 Å². The Hall–Kier alpha value is -4.17. The molecule has 166 valence electrons. The average Bonchev–Trinajstić information content (AvgIpc) is 3.43. The molecule has 3 aromatic heterocycles. The molecule has 0 spiro atoms. The van der Waals surface area contributed by atoms with Crippen molar-refractivity contribution in [2.24, 2.45) is 0 Å². The van der Waals surface area contributed by atoms with Gasteiger partial charge in [-0.3, -0.25) is 4.40 Å². The van der Waals surface area contributed by atoms with Crippen molar-refractivity contribution in [1.82, 2.24) is 18.9 Å². The molecule has 0 saturated heterocycles. The van der Waals surface area contributed by atoms with Gasteiger partial charge in [0, 0.05) is 29.7 Å². The first-order chi connectivity index (χ1) is 16.1. The molecule has 0 aliphatic carbocycles. The highest BCUT2D eigenvalue weighted by molar-refractivity contribution is 5.79. The van der Waals surface area contributed by atoms with Crippen molar-refractivity contribution < 1.29 is 14.2 Å². The second-order valence-corrected chi connectivity index (χ2v) is 7.62. The quantitative estimate of drug-likeness (QED) is 0.391. The van der Waals surface area contributed by atoms with E-state index in [4.69, 9.17) is 9.72 Å². The predicted molar refractivity (Wildman–Crippen MR) is 125 cm³/mol. The first-order valence-corrected chi connectivity index (χ1v) is 10.4. The van der Waals surface area contributed by atoms with Gasteiger partial charge in [-0.15, -0.1) is 0 Å². The number of hydrogen-bond donors (Lipinski definition) is 2. The molecule has 0 aliphatic rings. The van der Waals surface area contributed by atoms with E-state index in [-0.39, 0.29) is 12.4 Å². The molecule has 0 radical (unpaired) electrons. The SMILES string of the molecule is COc1cc(Nc2cccn3c(CO)c(-c4ccc(F)cc4)nc23)ccc1-n1cnc(C)c1. The standard InChI is InChI=1S/C25H22FN5O2/c1-16-13-30(15-27-16)21-10-9-19(12-23(21)33-2)28-20-4-3-11-31-22(14-32)24(29-25(20)31)17-5-7-18(26)8-6-17/h3-13,15,28,32H,14H2,1-2H3. The highest BCUT2D eigenvalue weighted by Gasteiger charge is 2.16. The maximum absolute atomic E-state index is 13.4. The molecule has 0 aliphatic heterocycles. The summed E-state index contributed by atoms with van der Waals surface area (Å²) in [5.74, 6) is 0.370. The molecule has 3 heterocycles. The normalized spacial score (nSPS) is 11.2. The Morgan fingerprint density at radius 1 is 1.12 bits per heavy atom. The Morgan fingerprint density at radius 3 is 2.64 bits per heavy atom. The van der Waals surface area contributed by atoms with Gasteiger partial charge in [0.05, 0.1) is 48.5 Å². The minimum atomic E-state index is -0.321. The lowest BCUT2D eigenvalue weighted by molar-refractivity contribution is 0.276. The van der Waals surface area contributed by atoms with Crippen LogP contribution in [0.3, 0.4) is 0 Å². The molecule has 5 rings (SSSR count). The summed E-state index contributed by atoms with van der Waals surface area (Å²) in [5, 5.41) is 13.4. The number of methoxy groups -OCH3 is 1. The van der Waals surface area contributed by atoms with Crippen LogP contribution in [0.5, 0.6) is 5.75 Å². The lowest BCUT2D eigenvalue weighted by atomic mass is 10.1. The van der Waals surface area contributed by atoms with Crippen molar-refractivity contribution in [3.63, 3.8) is 0 Å². The summed E-state index contributed by atoms with van der Waals surface area (Å²) in [4.78, 5) is 9.05. The third kappa shape index (κ3) is 3.81. The van der Waals surface area contributed by atoms with Crippen LogP contribution in [0.2, 0.25) is 0 Å². The van der Waals surface area contributed by atoms with Gasteiger partial charge in [0.2, 0.25) is 0 Å². The summed E-state index contributed by atoms with van der Waals surface area (Å²) >= 11 is 0. The van der Waals surface area contributed by atoms with Gasteiger partial charge in [-0.2, -0.15) is 0 Å². The van der Waals surface area contributed by atoms with Gasteiger partial charge >= 0.3 is 0 Å². The summed E-state index contributed by atoms with van der Waals surface area (Å²) in [7, 11) is 1.63. The van der Waals surface area contributed by atoms with Gasteiger partial charge in [-0.1, -0.05) is 0 Å². The maximum atomic E-state index is 13.4. The zero-order chi connectivity index (χ0) is 22.9. The first kappa shape index (κ1) is 20.7. The van der Waals surface area contributed by atoms with Crippen LogP contribution in [0.25, 0.3) is 22.6 Å². The highest BCUT2D eigenvalue weighted by Crippen LogP contribution is 2.32. The number of aliphatic hydroxyl groups excluding tert-OH is 1. The molecular weight excluding hydrogens is 421 g/mol. The van der Waals surface area contributed by atoms with E-state index < -0.39 is 0 Å². The summed E-state index contributed by atoms with van der Waals surface area (Å²) in [6, 6.07) is 15.7. The van der Waals surface area contributed by atoms with Crippen LogP contribution < -0.4 is 10.1 Å². The van der Waals surface area contributed by atoms with E-state index in [1.165, 1.54) is 12.1 Å². The molecule has 0 saturated carbocycles. The van der Waals surface area contributed by atoms with E-state index in [9.17, 15) is 9.50 Å². The van der Waals surface area contributed by atoms with E-state index in [1.54, 1.807) is 25.6 Å². The number of ether oxygens (including phenoxy) is 1.